The van der Waals surface area contributed by atoms with E-state index in [1.165, 1.54) is 6.07 Å². The quantitative estimate of drug-likeness (QED) is 0.809. The number of amides is 1. The van der Waals surface area contributed by atoms with Gasteiger partial charge in [-0.2, -0.15) is 0 Å². The van der Waals surface area contributed by atoms with Crippen molar-refractivity contribution in [3.8, 4) is 11.8 Å². The van der Waals surface area contributed by atoms with Gasteiger partial charge in [0, 0.05) is 23.7 Å². The molecular formula is C22H21F2NO2. The monoisotopic (exact) mass is 369 g/mol. The van der Waals surface area contributed by atoms with Crippen molar-refractivity contribution in [3.63, 3.8) is 0 Å². The van der Waals surface area contributed by atoms with Gasteiger partial charge in [0.05, 0.1) is 11.2 Å². The summed E-state index contributed by atoms with van der Waals surface area (Å²) >= 11 is 0. The Kier molecular flexibility index (Phi) is 5.88. The molecule has 2 aromatic rings. The summed E-state index contributed by atoms with van der Waals surface area (Å²) in [6, 6.07) is 9.82. The van der Waals surface area contributed by atoms with Crippen molar-refractivity contribution in [2.75, 3.05) is 6.54 Å². The number of rotatable bonds is 3. The molecule has 0 atom stereocenters. The number of halogens is 2. The summed E-state index contributed by atoms with van der Waals surface area (Å²) in [5, 5.41) is 13.2. The van der Waals surface area contributed by atoms with Gasteiger partial charge in [0.25, 0.3) is 5.91 Å². The van der Waals surface area contributed by atoms with Crippen LogP contribution >= 0.6 is 0 Å². The molecule has 0 spiro atoms. The van der Waals surface area contributed by atoms with Crippen LogP contribution in [-0.2, 0) is 0 Å². The van der Waals surface area contributed by atoms with E-state index < -0.39 is 17.2 Å². The van der Waals surface area contributed by atoms with Crippen LogP contribution in [0.5, 0.6) is 0 Å². The molecule has 1 aliphatic carbocycles. The molecule has 0 heterocycles. The number of benzene rings is 2. The Hall–Kier alpha value is -2.71. The molecule has 3 rings (SSSR count). The van der Waals surface area contributed by atoms with Crippen molar-refractivity contribution >= 4 is 5.91 Å². The Balaban J connectivity index is 1.61. The highest BCUT2D eigenvalue weighted by Gasteiger charge is 2.29. The highest BCUT2D eigenvalue weighted by molar-refractivity contribution is 5.94. The zero-order chi connectivity index (χ0) is 19.3. The maximum atomic E-state index is 13.6. The van der Waals surface area contributed by atoms with Crippen LogP contribution in [0.15, 0.2) is 42.5 Å². The lowest BCUT2D eigenvalue weighted by Crippen LogP contribution is -2.44. The minimum atomic E-state index is -0.807. The fraction of sp³-hybridized carbons (Fsp3) is 0.318. The fourth-order valence-electron chi connectivity index (χ4n) is 3.17. The smallest absolute Gasteiger partial charge is 0.251 e. The molecule has 2 aromatic carbocycles. The van der Waals surface area contributed by atoms with Gasteiger partial charge in [-0.3, -0.25) is 4.79 Å². The van der Waals surface area contributed by atoms with Gasteiger partial charge in [0.1, 0.15) is 11.6 Å². The highest BCUT2D eigenvalue weighted by atomic mass is 19.1. The second-order valence-corrected chi connectivity index (χ2v) is 6.92. The Morgan fingerprint density at radius 1 is 1.04 bits per heavy atom. The van der Waals surface area contributed by atoms with Gasteiger partial charge in [-0.25, -0.2) is 8.78 Å². The SMILES string of the molecule is O=C(NCC1(O)CCCCC1)c1ccc(C#Cc2ccc(F)cc2F)cc1. The highest BCUT2D eigenvalue weighted by Crippen LogP contribution is 2.27. The number of aliphatic hydroxyl groups is 1. The molecule has 1 fully saturated rings. The summed E-state index contributed by atoms with van der Waals surface area (Å²) in [5.74, 6) is 3.84. The maximum absolute atomic E-state index is 13.6. The van der Waals surface area contributed by atoms with Crippen LogP contribution in [0.4, 0.5) is 8.78 Å². The number of hydrogen-bond donors (Lipinski definition) is 2. The standard InChI is InChI=1S/C22H21F2NO2/c23-19-11-10-17(20(24)14-19)7-4-16-5-8-18(9-6-16)21(26)25-15-22(27)12-2-1-3-13-22/h5-6,8-11,14,27H,1-3,12-13,15H2,(H,25,26). The Morgan fingerprint density at radius 2 is 1.74 bits per heavy atom. The van der Waals surface area contributed by atoms with Crippen molar-refractivity contribution in [1.82, 2.24) is 5.32 Å². The summed E-state index contributed by atoms with van der Waals surface area (Å²) in [5.41, 5.74) is 0.381. The van der Waals surface area contributed by atoms with Gasteiger partial charge >= 0.3 is 0 Å². The predicted octanol–water partition coefficient (Wildman–Crippen LogP) is 3.79. The lowest BCUT2D eigenvalue weighted by molar-refractivity contribution is 0.00525. The molecule has 0 aliphatic heterocycles. The van der Waals surface area contributed by atoms with E-state index >= 15 is 0 Å². The minimum Gasteiger partial charge on any atom is -0.388 e. The first-order valence-electron chi connectivity index (χ1n) is 9.03. The lowest BCUT2D eigenvalue weighted by Gasteiger charge is -2.32. The molecule has 140 valence electrons. The van der Waals surface area contributed by atoms with E-state index in [1.54, 1.807) is 24.3 Å². The van der Waals surface area contributed by atoms with E-state index in [1.807, 2.05) is 0 Å². The van der Waals surface area contributed by atoms with Crippen LogP contribution in [0.25, 0.3) is 0 Å². The summed E-state index contributed by atoms with van der Waals surface area (Å²) in [7, 11) is 0. The van der Waals surface area contributed by atoms with E-state index in [4.69, 9.17) is 0 Å². The van der Waals surface area contributed by atoms with Crippen molar-refractivity contribution < 1.29 is 18.7 Å². The van der Waals surface area contributed by atoms with Gasteiger partial charge in [0.15, 0.2) is 0 Å². The molecule has 0 aromatic heterocycles. The Bertz CT molecular complexity index is 875. The van der Waals surface area contributed by atoms with Crippen LogP contribution in [0, 0.1) is 23.5 Å². The molecule has 5 heteroatoms. The number of nitrogens with one attached hydrogen (secondary N) is 1. The molecule has 27 heavy (non-hydrogen) atoms. The van der Waals surface area contributed by atoms with E-state index in [0.717, 1.165) is 31.4 Å². The van der Waals surface area contributed by atoms with Crippen LogP contribution in [0.3, 0.4) is 0 Å². The van der Waals surface area contributed by atoms with Crippen LogP contribution < -0.4 is 5.32 Å². The van der Waals surface area contributed by atoms with E-state index in [0.29, 0.717) is 24.0 Å². The van der Waals surface area contributed by atoms with Crippen LogP contribution in [-0.4, -0.2) is 23.2 Å². The average Bonchev–Trinajstić information content (AvgIpc) is 2.66. The molecule has 1 aliphatic rings. The van der Waals surface area contributed by atoms with Crippen molar-refractivity contribution in [3.05, 3.63) is 70.8 Å². The zero-order valence-corrected chi connectivity index (χ0v) is 14.9. The van der Waals surface area contributed by atoms with E-state index in [2.05, 4.69) is 17.2 Å². The molecule has 0 bridgehead atoms. The molecule has 0 unspecified atom stereocenters. The van der Waals surface area contributed by atoms with Gasteiger partial charge in [-0.15, -0.1) is 0 Å². The molecule has 1 amide bonds. The first-order chi connectivity index (χ1) is 13.0. The molecule has 1 saturated carbocycles. The topological polar surface area (TPSA) is 49.3 Å². The first-order valence-corrected chi connectivity index (χ1v) is 9.03. The van der Waals surface area contributed by atoms with E-state index in [9.17, 15) is 18.7 Å². The summed E-state index contributed by atoms with van der Waals surface area (Å²) in [6.07, 6.45) is 4.51. The van der Waals surface area contributed by atoms with Gasteiger partial charge in [-0.05, 0) is 49.2 Å². The van der Waals surface area contributed by atoms with Gasteiger partial charge in [-0.1, -0.05) is 31.1 Å². The van der Waals surface area contributed by atoms with Crippen molar-refractivity contribution in [2.24, 2.45) is 0 Å². The molecule has 0 radical (unpaired) electrons. The third-order valence-electron chi connectivity index (χ3n) is 4.78. The molecular weight excluding hydrogens is 348 g/mol. The van der Waals surface area contributed by atoms with Crippen LogP contribution in [0.2, 0.25) is 0 Å². The number of carbonyl (C=O) groups is 1. The Labute approximate surface area is 157 Å². The van der Waals surface area contributed by atoms with Gasteiger partial charge < -0.3 is 10.4 Å². The minimum absolute atomic E-state index is 0.110. The average molecular weight is 369 g/mol. The largest absolute Gasteiger partial charge is 0.388 e. The van der Waals surface area contributed by atoms with Crippen LogP contribution in [0.1, 0.15) is 53.6 Å². The maximum Gasteiger partial charge on any atom is 0.251 e. The Morgan fingerprint density at radius 3 is 2.41 bits per heavy atom. The molecule has 2 N–H and O–H groups in total. The number of carbonyl (C=O) groups excluding carboxylic acids is 1. The van der Waals surface area contributed by atoms with Gasteiger partial charge in [0.2, 0.25) is 0 Å². The zero-order valence-electron chi connectivity index (χ0n) is 14.9. The summed E-state index contributed by atoms with van der Waals surface area (Å²) in [6.45, 7) is 0.247. The van der Waals surface area contributed by atoms with E-state index in [-0.39, 0.29) is 18.0 Å². The lowest BCUT2D eigenvalue weighted by atomic mass is 9.85. The van der Waals surface area contributed by atoms with Crippen molar-refractivity contribution in [2.45, 2.75) is 37.7 Å². The molecule has 3 nitrogen and oxygen atoms in total. The fourth-order valence-corrected chi connectivity index (χ4v) is 3.17. The first kappa shape index (κ1) is 19.1. The second kappa shape index (κ2) is 8.32. The predicted molar refractivity (Wildman–Crippen MR) is 99.1 cm³/mol. The summed E-state index contributed by atoms with van der Waals surface area (Å²) < 4.78 is 26.5. The molecule has 0 saturated heterocycles. The third-order valence-corrected chi connectivity index (χ3v) is 4.78. The third kappa shape index (κ3) is 5.15. The number of hydrogen-bond acceptors (Lipinski definition) is 2. The summed E-state index contributed by atoms with van der Waals surface area (Å²) in [4.78, 5) is 12.3. The normalized spacial score (nSPS) is 15.5. The van der Waals surface area contributed by atoms with Crippen molar-refractivity contribution in [1.29, 1.82) is 0 Å². The second-order valence-electron chi connectivity index (χ2n) is 6.92.